The van der Waals surface area contributed by atoms with Crippen LogP contribution in [0, 0.1) is 6.92 Å². The predicted molar refractivity (Wildman–Crippen MR) is 203 cm³/mol. The topological polar surface area (TPSA) is 135 Å². The quantitative estimate of drug-likeness (QED) is 0.197. The molecule has 2 amide bonds. The van der Waals surface area contributed by atoms with Gasteiger partial charge in [-0.25, -0.2) is 19.6 Å². The number of nitrogens with one attached hydrogen (secondary N) is 3. The highest BCUT2D eigenvalue weighted by Gasteiger charge is 2.45. The molecule has 3 aromatic heterocycles. The average molecular weight is 742 g/mol. The van der Waals surface area contributed by atoms with Crippen LogP contribution in [0.25, 0.3) is 33.3 Å². The number of aryl methyl sites for hydroxylation is 3. The number of hydrogen-bond acceptors (Lipinski definition) is 8. The zero-order chi connectivity index (χ0) is 36.5. The van der Waals surface area contributed by atoms with E-state index in [0.717, 1.165) is 54.5 Å². The number of urea groups is 1. The number of halogens is 2. The highest BCUT2D eigenvalue weighted by atomic mass is 35.5. The molecule has 1 spiro atoms. The minimum absolute atomic E-state index is 0.0923. The molecule has 0 bridgehead atoms. The molecule has 0 saturated carbocycles. The number of pyridine rings is 2. The van der Waals surface area contributed by atoms with E-state index < -0.39 is 11.2 Å². The molecule has 0 radical (unpaired) electrons. The maximum absolute atomic E-state index is 13.3. The first-order valence-corrected chi connectivity index (χ1v) is 18.0. The van der Waals surface area contributed by atoms with Gasteiger partial charge >= 0.3 is 11.7 Å². The third-order valence-electron chi connectivity index (χ3n) is 10.8. The van der Waals surface area contributed by atoms with Gasteiger partial charge in [0.25, 0.3) is 5.56 Å². The highest BCUT2D eigenvalue weighted by Crippen LogP contribution is 2.47. The molecule has 2 aliphatic heterocycles. The molecular weight excluding hydrogens is 703 g/mol. The van der Waals surface area contributed by atoms with Crippen LogP contribution in [-0.2, 0) is 20.5 Å². The van der Waals surface area contributed by atoms with Crippen molar-refractivity contribution >= 4 is 51.6 Å². The Bertz CT molecular complexity index is 2430. The van der Waals surface area contributed by atoms with Crippen LogP contribution in [0.15, 0.2) is 58.1 Å². The lowest BCUT2D eigenvalue weighted by atomic mass is 9.93. The number of fused-ring (bicyclic) bond motifs is 2. The van der Waals surface area contributed by atoms with Crippen LogP contribution < -0.4 is 31.9 Å². The molecule has 8 rings (SSSR count). The van der Waals surface area contributed by atoms with Gasteiger partial charge in [-0.05, 0) is 56.4 Å². The summed E-state index contributed by atoms with van der Waals surface area (Å²) in [4.78, 5) is 50.2. The standard InChI is InChI=1S/C38H38Cl2N8O4/c1-20-17-28-30(35(49)47(3)37(51)46(28)2)33(42-20)43-25-10-6-8-23(32(25)40)22-7-5-9-24(31(22)39)26-18-21-11-12-27(29(21)34(44-26)52-4)48-16-14-38(19-48)13-15-41-36(50)45-38/h5-10,17-18,27H,11-16,19H2,1-4H3,(H,42,43)(H2,41,45,50)/t27-,38-/m0/s1. The molecule has 2 aromatic carbocycles. The number of rotatable bonds is 6. The Kier molecular flexibility index (Phi) is 8.51. The molecule has 3 aliphatic rings. The molecule has 268 valence electrons. The first-order chi connectivity index (χ1) is 25.0. The monoisotopic (exact) mass is 740 g/mol. The van der Waals surface area contributed by atoms with Gasteiger partial charge in [-0.3, -0.25) is 18.8 Å². The average Bonchev–Trinajstić information content (AvgIpc) is 3.74. The molecule has 1 aliphatic carbocycles. The van der Waals surface area contributed by atoms with Crippen molar-refractivity contribution in [3.8, 4) is 28.3 Å². The Morgan fingerprint density at radius 2 is 1.71 bits per heavy atom. The summed E-state index contributed by atoms with van der Waals surface area (Å²) < 4.78 is 8.43. The first-order valence-electron chi connectivity index (χ1n) is 17.3. The fourth-order valence-corrected chi connectivity index (χ4v) is 8.79. The molecule has 3 N–H and O–H groups in total. The lowest BCUT2D eigenvalue weighted by Gasteiger charge is -2.36. The van der Waals surface area contributed by atoms with Crippen molar-refractivity contribution in [1.29, 1.82) is 0 Å². The SMILES string of the molecule is COc1nc(-c2cccc(-c3cccc(Nc4nc(C)cc5c4c(=O)n(C)c(=O)n5C)c3Cl)c2Cl)cc2c1[C@@H](N1CC[C@@]3(CCNC(=O)N3)C1)CC2. The summed E-state index contributed by atoms with van der Waals surface area (Å²) in [6.07, 6.45) is 3.64. The van der Waals surface area contributed by atoms with E-state index in [4.69, 9.17) is 32.9 Å². The summed E-state index contributed by atoms with van der Waals surface area (Å²) >= 11 is 14.3. The van der Waals surface area contributed by atoms with Crippen LogP contribution in [-0.4, -0.2) is 62.3 Å². The Morgan fingerprint density at radius 3 is 2.48 bits per heavy atom. The van der Waals surface area contributed by atoms with Crippen molar-refractivity contribution < 1.29 is 9.53 Å². The maximum atomic E-state index is 13.3. The minimum Gasteiger partial charge on any atom is -0.481 e. The molecule has 5 heterocycles. The number of aromatic nitrogens is 4. The lowest BCUT2D eigenvalue weighted by Crippen LogP contribution is -2.59. The van der Waals surface area contributed by atoms with Crippen LogP contribution in [0.3, 0.4) is 0 Å². The van der Waals surface area contributed by atoms with Gasteiger partial charge in [-0.15, -0.1) is 0 Å². The Labute approximate surface area is 309 Å². The van der Waals surface area contributed by atoms with Crippen LogP contribution in [0.1, 0.15) is 42.1 Å². The molecule has 52 heavy (non-hydrogen) atoms. The first kappa shape index (κ1) is 34.2. The third-order valence-corrected chi connectivity index (χ3v) is 11.6. The largest absolute Gasteiger partial charge is 0.481 e. The van der Waals surface area contributed by atoms with Gasteiger partial charge in [-0.2, -0.15) is 0 Å². The number of amides is 2. The van der Waals surface area contributed by atoms with Crippen LogP contribution >= 0.6 is 23.2 Å². The highest BCUT2D eigenvalue weighted by molar-refractivity contribution is 6.39. The van der Waals surface area contributed by atoms with E-state index in [0.29, 0.717) is 62.0 Å². The second kappa shape index (κ2) is 12.9. The van der Waals surface area contributed by atoms with Crippen molar-refractivity contribution in [2.75, 3.05) is 32.1 Å². The Hall–Kier alpha value is -4.91. The molecule has 5 aromatic rings. The summed E-state index contributed by atoms with van der Waals surface area (Å²) in [7, 11) is 4.72. The van der Waals surface area contributed by atoms with Gasteiger partial charge in [0.2, 0.25) is 5.88 Å². The molecule has 14 heteroatoms. The fraction of sp³-hybridized carbons (Fsp3) is 0.342. The summed E-state index contributed by atoms with van der Waals surface area (Å²) in [5, 5.41) is 10.5. The molecule has 2 saturated heterocycles. The lowest BCUT2D eigenvalue weighted by molar-refractivity contribution is 0.187. The number of hydrogen-bond donors (Lipinski definition) is 3. The Morgan fingerprint density at radius 1 is 0.962 bits per heavy atom. The van der Waals surface area contributed by atoms with Gasteiger partial charge in [0.1, 0.15) is 11.2 Å². The van der Waals surface area contributed by atoms with Gasteiger partial charge in [0, 0.05) is 67.7 Å². The summed E-state index contributed by atoms with van der Waals surface area (Å²) in [6, 6.07) is 15.2. The van der Waals surface area contributed by atoms with Crippen molar-refractivity contribution in [1.82, 2.24) is 34.6 Å². The molecular formula is C38H38Cl2N8O4. The summed E-state index contributed by atoms with van der Waals surface area (Å²) in [5.74, 6) is 0.875. The van der Waals surface area contributed by atoms with E-state index in [9.17, 15) is 14.4 Å². The van der Waals surface area contributed by atoms with Gasteiger partial charge < -0.3 is 20.7 Å². The molecule has 12 nitrogen and oxygen atoms in total. The maximum Gasteiger partial charge on any atom is 0.330 e. The van der Waals surface area contributed by atoms with Crippen LogP contribution in [0.2, 0.25) is 10.0 Å². The summed E-state index contributed by atoms with van der Waals surface area (Å²) in [5.41, 5.74) is 5.64. The number of methoxy groups -OCH3 is 1. The number of carbonyl (C=O) groups is 1. The normalized spacial score (nSPS) is 19.9. The Balaban J connectivity index is 1.13. The fourth-order valence-electron chi connectivity index (χ4n) is 8.19. The van der Waals surface area contributed by atoms with Crippen molar-refractivity contribution in [2.24, 2.45) is 14.1 Å². The van der Waals surface area contributed by atoms with Crippen LogP contribution in [0.4, 0.5) is 16.3 Å². The second-order valence-corrected chi connectivity index (χ2v) is 14.7. The van der Waals surface area contributed by atoms with Gasteiger partial charge in [0.15, 0.2) is 0 Å². The third kappa shape index (κ3) is 5.60. The van der Waals surface area contributed by atoms with Crippen molar-refractivity contribution in [2.45, 2.75) is 44.2 Å². The molecule has 2 fully saturated rings. The van der Waals surface area contributed by atoms with Gasteiger partial charge in [-0.1, -0.05) is 53.5 Å². The number of carbonyl (C=O) groups excluding carboxylic acids is 1. The zero-order valence-electron chi connectivity index (χ0n) is 29.3. The predicted octanol–water partition coefficient (Wildman–Crippen LogP) is 5.86. The number of nitrogens with zero attached hydrogens (tertiary/aromatic N) is 5. The van der Waals surface area contributed by atoms with E-state index in [1.54, 1.807) is 33.2 Å². The number of ether oxygens (including phenoxy) is 1. The van der Waals surface area contributed by atoms with Crippen molar-refractivity contribution in [3.63, 3.8) is 0 Å². The second-order valence-electron chi connectivity index (χ2n) is 13.9. The van der Waals surface area contributed by atoms with Crippen LogP contribution in [0.5, 0.6) is 5.88 Å². The van der Waals surface area contributed by atoms with E-state index in [1.807, 2.05) is 30.3 Å². The van der Waals surface area contributed by atoms with Gasteiger partial charge in [0.05, 0.1) is 39.6 Å². The number of benzene rings is 2. The van der Waals surface area contributed by atoms with Crippen molar-refractivity contribution in [3.05, 3.63) is 96.2 Å². The van der Waals surface area contributed by atoms with E-state index in [-0.39, 0.29) is 23.0 Å². The number of anilines is 2. The van der Waals surface area contributed by atoms with E-state index in [2.05, 4.69) is 31.9 Å². The zero-order valence-corrected chi connectivity index (χ0v) is 30.8. The smallest absolute Gasteiger partial charge is 0.330 e. The molecule has 0 unspecified atom stereocenters. The number of likely N-dealkylation sites (tertiary alicyclic amines) is 1. The summed E-state index contributed by atoms with van der Waals surface area (Å²) in [6.45, 7) is 4.18. The van der Waals surface area contributed by atoms with E-state index in [1.165, 1.54) is 17.2 Å². The minimum atomic E-state index is -0.459. The van der Waals surface area contributed by atoms with E-state index >= 15 is 0 Å². The molecule has 2 atom stereocenters.